The molecule has 1 aliphatic heterocycles. The Morgan fingerprint density at radius 1 is 1.39 bits per heavy atom. The third kappa shape index (κ3) is 2.68. The minimum atomic E-state index is -0.141. The Kier molecular flexibility index (Phi) is 3.90. The summed E-state index contributed by atoms with van der Waals surface area (Å²) in [6.07, 6.45) is 5.97. The van der Waals surface area contributed by atoms with Crippen molar-refractivity contribution in [1.82, 2.24) is 14.5 Å². The summed E-state index contributed by atoms with van der Waals surface area (Å²) >= 11 is 1.44. The van der Waals surface area contributed by atoms with Gasteiger partial charge in [-0.1, -0.05) is 12.8 Å². The van der Waals surface area contributed by atoms with Crippen molar-refractivity contribution < 1.29 is 9.53 Å². The standard InChI is InChI=1S/C16H19N3O3S/c20-14(19-6-7-22-13-4-2-1-3-12(13)19)9-18-10-17-15-11(16(18)21)5-8-23-15/h5,8,10,12-13H,1-4,6-7,9H2/t12-,13-/m0/s1. The molecule has 0 bridgehead atoms. The molecular formula is C16H19N3O3S. The summed E-state index contributed by atoms with van der Waals surface area (Å²) in [5, 5.41) is 2.43. The number of aromatic nitrogens is 2. The molecule has 1 saturated heterocycles. The number of thiophene rings is 1. The number of carbonyl (C=O) groups excluding carboxylic acids is 1. The van der Waals surface area contributed by atoms with Crippen LogP contribution in [0.1, 0.15) is 25.7 Å². The predicted molar refractivity (Wildman–Crippen MR) is 87.6 cm³/mol. The number of morpholine rings is 1. The first kappa shape index (κ1) is 14.8. The van der Waals surface area contributed by atoms with Gasteiger partial charge in [-0.3, -0.25) is 14.2 Å². The van der Waals surface area contributed by atoms with E-state index < -0.39 is 0 Å². The molecule has 2 aromatic heterocycles. The number of hydrogen-bond acceptors (Lipinski definition) is 5. The zero-order valence-electron chi connectivity index (χ0n) is 12.8. The smallest absolute Gasteiger partial charge is 0.262 e. The summed E-state index contributed by atoms with van der Waals surface area (Å²) < 4.78 is 7.23. The minimum Gasteiger partial charge on any atom is -0.374 e. The number of ether oxygens (including phenoxy) is 1. The molecule has 3 heterocycles. The molecule has 0 spiro atoms. The third-order valence-corrected chi connectivity index (χ3v) is 5.63. The van der Waals surface area contributed by atoms with E-state index in [4.69, 9.17) is 4.74 Å². The van der Waals surface area contributed by atoms with E-state index in [0.717, 1.165) is 24.1 Å². The molecule has 23 heavy (non-hydrogen) atoms. The second-order valence-electron chi connectivity index (χ2n) is 6.17. The van der Waals surface area contributed by atoms with Gasteiger partial charge < -0.3 is 9.64 Å². The lowest BCUT2D eigenvalue weighted by atomic mass is 9.90. The molecule has 0 unspecified atom stereocenters. The average Bonchev–Trinajstić information content (AvgIpc) is 3.06. The highest BCUT2D eigenvalue weighted by atomic mass is 32.1. The third-order valence-electron chi connectivity index (χ3n) is 4.81. The molecule has 6 nitrogen and oxygen atoms in total. The van der Waals surface area contributed by atoms with Gasteiger partial charge in [-0.25, -0.2) is 4.98 Å². The molecule has 122 valence electrons. The van der Waals surface area contributed by atoms with Gasteiger partial charge in [0.1, 0.15) is 11.4 Å². The van der Waals surface area contributed by atoms with E-state index in [0.29, 0.717) is 18.5 Å². The maximum absolute atomic E-state index is 12.7. The normalized spacial score (nSPS) is 24.6. The number of nitrogens with zero attached hydrogens (tertiary/aromatic N) is 3. The van der Waals surface area contributed by atoms with E-state index in [1.54, 1.807) is 6.07 Å². The van der Waals surface area contributed by atoms with Crippen LogP contribution >= 0.6 is 11.3 Å². The number of amides is 1. The zero-order valence-corrected chi connectivity index (χ0v) is 13.6. The van der Waals surface area contributed by atoms with Crippen LogP contribution in [0.2, 0.25) is 0 Å². The quantitative estimate of drug-likeness (QED) is 0.838. The lowest BCUT2D eigenvalue weighted by Gasteiger charge is -2.43. The van der Waals surface area contributed by atoms with Crippen LogP contribution in [0.15, 0.2) is 22.6 Å². The van der Waals surface area contributed by atoms with Crippen LogP contribution in [-0.2, 0) is 16.1 Å². The van der Waals surface area contributed by atoms with Gasteiger partial charge in [0.2, 0.25) is 5.91 Å². The molecule has 4 rings (SSSR count). The Labute approximate surface area is 137 Å². The molecule has 7 heteroatoms. The van der Waals surface area contributed by atoms with Crippen molar-refractivity contribution in [1.29, 1.82) is 0 Å². The first-order chi connectivity index (χ1) is 11.2. The largest absolute Gasteiger partial charge is 0.374 e. The van der Waals surface area contributed by atoms with E-state index in [-0.39, 0.29) is 30.2 Å². The van der Waals surface area contributed by atoms with E-state index in [1.165, 1.54) is 28.7 Å². The van der Waals surface area contributed by atoms with Crippen LogP contribution in [0.25, 0.3) is 10.2 Å². The van der Waals surface area contributed by atoms with Crippen molar-refractivity contribution in [2.75, 3.05) is 13.2 Å². The predicted octanol–water partition coefficient (Wildman–Crippen LogP) is 1.63. The fraction of sp³-hybridized carbons (Fsp3) is 0.562. The second kappa shape index (κ2) is 6.05. The van der Waals surface area contributed by atoms with Crippen LogP contribution in [-0.4, -0.2) is 45.7 Å². The fourth-order valence-electron chi connectivity index (χ4n) is 3.65. The van der Waals surface area contributed by atoms with Crippen molar-refractivity contribution in [3.8, 4) is 0 Å². The lowest BCUT2D eigenvalue weighted by Crippen LogP contribution is -2.55. The van der Waals surface area contributed by atoms with Crippen molar-refractivity contribution in [3.05, 3.63) is 28.1 Å². The molecule has 1 amide bonds. The number of fused-ring (bicyclic) bond motifs is 2. The molecule has 0 N–H and O–H groups in total. The minimum absolute atomic E-state index is 0.0105. The molecule has 0 aromatic carbocycles. The Balaban J connectivity index is 1.56. The maximum atomic E-state index is 12.7. The first-order valence-corrected chi connectivity index (χ1v) is 8.96. The van der Waals surface area contributed by atoms with Crippen molar-refractivity contribution in [2.45, 2.75) is 44.4 Å². The van der Waals surface area contributed by atoms with Gasteiger partial charge in [0.05, 0.1) is 30.5 Å². The Hall–Kier alpha value is -1.73. The molecule has 1 aliphatic carbocycles. The molecule has 2 atom stereocenters. The van der Waals surface area contributed by atoms with Gasteiger partial charge in [0.15, 0.2) is 0 Å². The highest BCUT2D eigenvalue weighted by molar-refractivity contribution is 7.16. The molecular weight excluding hydrogens is 314 g/mol. The van der Waals surface area contributed by atoms with Crippen molar-refractivity contribution >= 4 is 27.5 Å². The molecule has 0 radical (unpaired) electrons. The number of rotatable bonds is 2. The van der Waals surface area contributed by atoms with Crippen LogP contribution in [0.3, 0.4) is 0 Å². The number of hydrogen-bond donors (Lipinski definition) is 0. The van der Waals surface area contributed by atoms with Crippen LogP contribution in [0, 0.1) is 0 Å². The molecule has 2 fully saturated rings. The van der Waals surface area contributed by atoms with E-state index in [2.05, 4.69) is 4.98 Å². The van der Waals surface area contributed by atoms with Gasteiger partial charge in [0, 0.05) is 6.54 Å². The summed E-state index contributed by atoms with van der Waals surface area (Å²) in [5.74, 6) is -0.0105. The van der Waals surface area contributed by atoms with Crippen molar-refractivity contribution in [3.63, 3.8) is 0 Å². The van der Waals surface area contributed by atoms with Gasteiger partial charge in [-0.2, -0.15) is 0 Å². The molecule has 2 aliphatic rings. The van der Waals surface area contributed by atoms with E-state index in [1.807, 2.05) is 10.3 Å². The maximum Gasteiger partial charge on any atom is 0.262 e. The highest BCUT2D eigenvalue weighted by Gasteiger charge is 2.36. The summed E-state index contributed by atoms with van der Waals surface area (Å²) in [7, 11) is 0. The van der Waals surface area contributed by atoms with Gasteiger partial charge in [0.25, 0.3) is 5.56 Å². The average molecular weight is 333 g/mol. The summed E-state index contributed by atoms with van der Waals surface area (Å²) in [4.78, 5) is 32.1. The Morgan fingerprint density at radius 3 is 3.17 bits per heavy atom. The highest BCUT2D eigenvalue weighted by Crippen LogP contribution is 2.28. The number of carbonyl (C=O) groups is 1. The van der Waals surface area contributed by atoms with Gasteiger partial charge in [-0.05, 0) is 24.3 Å². The first-order valence-electron chi connectivity index (χ1n) is 8.08. The summed E-state index contributed by atoms with van der Waals surface area (Å²) in [6.45, 7) is 1.26. The van der Waals surface area contributed by atoms with Crippen LogP contribution < -0.4 is 5.56 Å². The SMILES string of the molecule is O=C(Cn1cnc2sccc2c1=O)N1CCO[C@H]2CCCC[C@@H]21. The van der Waals surface area contributed by atoms with E-state index in [9.17, 15) is 9.59 Å². The monoisotopic (exact) mass is 333 g/mol. The molecule has 1 saturated carbocycles. The van der Waals surface area contributed by atoms with Crippen LogP contribution in [0.5, 0.6) is 0 Å². The van der Waals surface area contributed by atoms with Gasteiger partial charge >= 0.3 is 0 Å². The van der Waals surface area contributed by atoms with E-state index >= 15 is 0 Å². The summed E-state index contributed by atoms with van der Waals surface area (Å²) in [6, 6.07) is 1.93. The Bertz CT molecular complexity index is 782. The lowest BCUT2D eigenvalue weighted by molar-refractivity contribution is -0.150. The molecule has 2 aromatic rings. The topological polar surface area (TPSA) is 64.4 Å². The van der Waals surface area contributed by atoms with Crippen LogP contribution in [0.4, 0.5) is 0 Å². The fourth-order valence-corrected chi connectivity index (χ4v) is 4.37. The Morgan fingerprint density at radius 2 is 2.26 bits per heavy atom. The summed E-state index contributed by atoms with van der Waals surface area (Å²) in [5.41, 5.74) is -0.141. The zero-order chi connectivity index (χ0) is 15.8. The second-order valence-corrected chi connectivity index (χ2v) is 7.06. The van der Waals surface area contributed by atoms with Crippen molar-refractivity contribution in [2.24, 2.45) is 0 Å². The van der Waals surface area contributed by atoms with Gasteiger partial charge in [-0.15, -0.1) is 11.3 Å².